The number of likely N-dealkylation sites (tertiary alicyclic amines) is 1. The molecule has 19 heavy (non-hydrogen) atoms. The number of hydrogen-bond acceptors (Lipinski definition) is 4. The normalized spacial score (nSPS) is 23.7. The average molecular weight is 260 g/mol. The molecule has 0 atom stereocenters. The number of piperazine rings is 1. The molecule has 104 valence electrons. The van der Waals surface area contributed by atoms with Crippen LogP contribution in [0.1, 0.15) is 12.8 Å². The van der Waals surface area contributed by atoms with E-state index >= 15 is 0 Å². The maximum atomic E-state index is 4.45. The van der Waals surface area contributed by atoms with Crippen LogP contribution in [0.25, 0.3) is 0 Å². The molecule has 4 nitrogen and oxygen atoms in total. The highest BCUT2D eigenvalue weighted by Crippen LogP contribution is 2.19. The van der Waals surface area contributed by atoms with Crippen LogP contribution >= 0.6 is 0 Å². The summed E-state index contributed by atoms with van der Waals surface area (Å²) < 4.78 is 0. The van der Waals surface area contributed by atoms with Crippen LogP contribution in [0.2, 0.25) is 0 Å². The van der Waals surface area contributed by atoms with Gasteiger partial charge in [-0.15, -0.1) is 0 Å². The van der Waals surface area contributed by atoms with Gasteiger partial charge in [0.15, 0.2) is 0 Å². The van der Waals surface area contributed by atoms with Gasteiger partial charge in [-0.3, -0.25) is 4.90 Å². The lowest BCUT2D eigenvalue weighted by Gasteiger charge is -2.42. The zero-order valence-corrected chi connectivity index (χ0v) is 11.8. The van der Waals surface area contributed by atoms with Crippen LogP contribution in [0.5, 0.6) is 0 Å². The number of aromatic nitrogens is 1. The van der Waals surface area contributed by atoms with Crippen molar-refractivity contribution in [1.29, 1.82) is 0 Å². The molecular weight excluding hydrogens is 236 g/mol. The van der Waals surface area contributed by atoms with E-state index < -0.39 is 0 Å². The number of hydrogen-bond donors (Lipinski definition) is 0. The molecule has 1 aromatic rings. The van der Waals surface area contributed by atoms with Crippen LogP contribution in [-0.2, 0) is 0 Å². The van der Waals surface area contributed by atoms with E-state index in [0.717, 1.165) is 24.9 Å². The van der Waals surface area contributed by atoms with E-state index in [0.29, 0.717) is 0 Å². The van der Waals surface area contributed by atoms with Gasteiger partial charge in [0.1, 0.15) is 5.82 Å². The Bertz CT molecular complexity index is 378. The highest BCUT2D eigenvalue weighted by molar-refractivity contribution is 5.38. The highest BCUT2D eigenvalue weighted by Gasteiger charge is 2.26. The van der Waals surface area contributed by atoms with Gasteiger partial charge in [0.2, 0.25) is 0 Å². The topological polar surface area (TPSA) is 22.6 Å². The van der Waals surface area contributed by atoms with Crippen LogP contribution in [-0.4, -0.2) is 67.1 Å². The quantitative estimate of drug-likeness (QED) is 0.799. The Morgan fingerprint density at radius 2 is 1.74 bits per heavy atom. The maximum absolute atomic E-state index is 4.45. The van der Waals surface area contributed by atoms with Gasteiger partial charge in [0.25, 0.3) is 0 Å². The molecule has 2 saturated heterocycles. The Hall–Kier alpha value is -1.13. The lowest BCUT2D eigenvalue weighted by Crippen LogP contribution is -2.53. The Morgan fingerprint density at radius 3 is 2.37 bits per heavy atom. The van der Waals surface area contributed by atoms with Crippen molar-refractivity contribution >= 4 is 5.82 Å². The second-order valence-corrected chi connectivity index (χ2v) is 5.75. The fourth-order valence-electron chi connectivity index (χ4n) is 3.22. The summed E-state index contributed by atoms with van der Waals surface area (Å²) >= 11 is 0. The molecular formula is C15H24N4. The van der Waals surface area contributed by atoms with Crippen molar-refractivity contribution in [2.24, 2.45) is 0 Å². The van der Waals surface area contributed by atoms with Crippen LogP contribution in [0.15, 0.2) is 24.4 Å². The fourth-order valence-corrected chi connectivity index (χ4v) is 3.22. The lowest BCUT2D eigenvalue weighted by molar-refractivity contribution is 0.115. The van der Waals surface area contributed by atoms with Gasteiger partial charge in [0, 0.05) is 38.4 Å². The maximum Gasteiger partial charge on any atom is 0.128 e. The second-order valence-electron chi connectivity index (χ2n) is 5.75. The van der Waals surface area contributed by atoms with Crippen molar-refractivity contribution in [2.75, 3.05) is 51.2 Å². The van der Waals surface area contributed by atoms with Gasteiger partial charge >= 0.3 is 0 Å². The molecule has 0 radical (unpaired) electrons. The van der Waals surface area contributed by atoms with Crippen molar-refractivity contribution in [3.05, 3.63) is 24.4 Å². The molecule has 0 amide bonds. The molecule has 0 spiro atoms. The van der Waals surface area contributed by atoms with Crippen LogP contribution in [0, 0.1) is 0 Å². The van der Waals surface area contributed by atoms with E-state index in [-0.39, 0.29) is 0 Å². The van der Waals surface area contributed by atoms with Gasteiger partial charge < -0.3 is 9.80 Å². The number of nitrogens with zero attached hydrogens (tertiary/aromatic N) is 4. The Balaban J connectivity index is 1.52. The lowest BCUT2D eigenvalue weighted by atomic mass is 10.0. The summed E-state index contributed by atoms with van der Waals surface area (Å²) in [7, 11) is 2.23. The first kappa shape index (κ1) is 12.9. The van der Waals surface area contributed by atoms with E-state index in [1.165, 1.54) is 39.0 Å². The molecule has 2 aliphatic heterocycles. The SMILES string of the molecule is CN1CCC(N2CCN(c3ccccn3)CC2)CC1. The van der Waals surface area contributed by atoms with Gasteiger partial charge in [0.05, 0.1) is 0 Å². The van der Waals surface area contributed by atoms with Crippen LogP contribution in [0.4, 0.5) is 5.82 Å². The predicted octanol–water partition coefficient (Wildman–Crippen LogP) is 1.30. The molecule has 0 unspecified atom stereocenters. The molecule has 1 aromatic heterocycles. The summed E-state index contributed by atoms with van der Waals surface area (Å²) in [5, 5.41) is 0. The molecule has 2 aliphatic rings. The molecule has 0 bridgehead atoms. The van der Waals surface area contributed by atoms with Crippen molar-refractivity contribution in [3.8, 4) is 0 Å². The zero-order valence-electron chi connectivity index (χ0n) is 11.8. The number of rotatable bonds is 2. The highest BCUT2D eigenvalue weighted by atomic mass is 15.3. The van der Waals surface area contributed by atoms with E-state index in [1.54, 1.807) is 0 Å². The molecule has 0 aromatic carbocycles. The van der Waals surface area contributed by atoms with Gasteiger partial charge in [-0.1, -0.05) is 6.07 Å². The molecule has 3 heterocycles. The molecule has 0 saturated carbocycles. The Labute approximate surface area is 116 Å². The Kier molecular flexibility index (Phi) is 3.99. The summed E-state index contributed by atoms with van der Waals surface area (Å²) in [5.74, 6) is 1.13. The third-order valence-electron chi connectivity index (χ3n) is 4.49. The molecule has 0 aliphatic carbocycles. The summed E-state index contributed by atoms with van der Waals surface area (Å²) in [6.07, 6.45) is 4.55. The van der Waals surface area contributed by atoms with Gasteiger partial charge in [-0.25, -0.2) is 4.98 Å². The zero-order chi connectivity index (χ0) is 13.1. The van der Waals surface area contributed by atoms with E-state index in [4.69, 9.17) is 0 Å². The molecule has 0 N–H and O–H groups in total. The summed E-state index contributed by atoms with van der Waals surface area (Å²) in [6.45, 7) is 7.11. The van der Waals surface area contributed by atoms with Crippen molar-refractivity contribution in [1.82, 2.24) is 14.8 Å². The standard InChI is InChI=1S/C15H24N4/c1-17-8-5-14(6-9-17)18-10-12-19(13-11-18)15-4-2-3-7-16-15/h2-4,7,14H,5-6,8-13H2,1H3. The van der Waals surface area contributed by atoms with E-state index in [9.17, 15) is 0 Å². The first-order valence-electron chi connectivity index (χ1n) is 7.41. The summed E-state index contributed by atoms with van der Waals surface area (Å²) in [6, 6.07) is 6.98. The minimum atomic E-state index is 0.807. The van der Waals surface area contributed by atoms with Crippen molar-refractivity contribution in [3.63, 3.8) is 0 Å². The van der Waals surface area contributed by atoms with Crippen molar-refractivity contribution in [2.45, 2.75) is 18.9 Å². The monoisotopic (exact) mass is 260 g/mol. The summed E-state index contributed by atoms with van der Waals surface area (Å²) in [5.41, 5.74) is 0. The van der Waals surface area contributed by atoms with Gasteiger partial charge in [-0.05, 0) is 45.1 Å². The van der Waals surface area contributed by atoms with E-state index in [2.05, 4.69) is 38.9 Å². The molecule has 4 heteroatoms. The smallest absolute Gasteiger partial charge is 0.128 e. The first-order chi connectivity index (χ1) is 9.33. The summed E-state index contributed by atoms with van der Waals surface area (Å²) in [4.78, 5) is 12.0. The second kappa shape index (κ2) is 5.88. The average Bonchev–Trinajstić information content (AvgIpc) is 2.49. The fraction of sp³-hybridized carbons (Fsp3) is 0.667. The minimum absolute atomic E-state index is 0.807. The van der Waals surface area contributed by atoms with Crippen molar-refractivity contribution < 1.29 is 0 Å². The Morgan fingerprint density at radius 1 is 1.00 bits per heavy atom. The van der Waals surface area contributed by atoms with Crippen LogP contribution < -0.4 is 4.90 Å². The third-order valence-corrected chi connectivity index (χ3v) is 4.49. The minimum Gasteiger partial charge on any atom is -0.354 e. The van der Waals surface area contributed by atoms with Gasteiger partial charge in [-0.2, -0.15) is 0 Å². The number of piperidine rings is 1. The number of pyridine rings is 1. The third kappa shape index (κ3) is 3.07. The number of anilines is 1. The largest absolute Gasteiger partial charge is 0.354 e. The first-order valence-corrected chi connectivity index (χ1v) is 7.41. The van der Waals surface area contributed by atoms with E-state index in [1.807, 2.05) is 12.3 Å². The molecule has 2 fully saturated rings. The predicted molar refractivity (Wildman–Crippen MR) is 78.5 cm³/mol. The molecule has 3 rings (SSSR count). The van der Waals surface area contributed by atoms with Crippen LogP contribution in [0.3, 0.4) is 0 Å².